The number of nitrogens with zero attached hydrogens (tertiary/aromatic N) is 1. The van der Waals surface area contributed by atoms with E-state index in [1.165, 1.54) is 0 Å². The predicted octanol–water partition coefficient (Wildman–Crippen LogP) is 2.70. The van der Waals surface area contributed by atoms with E-state index in [9.17, 15) is 10.1 Å². The maximum absolute atomic E-state index is 10.9. The lowest BCUT2D eigenvalue weighted by Crippen LogP contribution is -2.39. The van der Waals surface area contributed by atoms with Crippen molar-refractivity contribution in [1.29, 1.82) is 0 Å². The summed E-state index contributed by atoms with van der Waals surface area (Å²) < 4.78 is 0. The number of benzene rings is 1. The van der Waals surface area contributed by atoms with Crippen LogP contribution in [0.3, 0.4) is 0 Å². The van der Waals surface area contributed by atoms with Crippen LogP contribution in [0.4, 0.5) is 11.4 Å². The molecule has 0 bridgehead atoms. The number of hydrogen-bond donors (Lipinski definition) is 2. The standard InChI is InChI=1S/C14H21N3O2/c1-11-12(4-3-5-13(11)17(18)19)16-10-14(2)6-8-15-9-7-14/h3-5,15-16H,6-10H2,1-2H3. The van der Waals surface area contributed by atoms with Crippen LogP contribution in [-0.4, -0.2) is 24.6 Å². The van der Waals surface area contributed by atoms with Gasteiger partial charge in [-0.3, -0.25) is 10.1 Å². The second-order valence-electron chi connectivity index (χ2n) is 5.62. The fraction of sp³-hybridized carbons (Fsp3) is 0.571. The first-order valence-corrected chi connectivity index (χ1v) is 6.70. The molecular formula is C14H21N3O2. The van der Waals surface area contributed by atoms with Crippen LogP contribution in [0.15, 0.2) is 18.2 Å². The van der Waals surface area contributed by atoms with Gasteiger partial charge in [-0.05, 0) is 44.3 Å². The maximum Gasteiger partial charge on any atom is 0.274 e. The molecule has 0 radical (unpaired) electrons. The molecule has 2 rings (SSSR count). The van der Waals surface area contributed by atoms with Gasteiger partial charge in [0.05, 0.1) is 4.92 Å². The van der Waals surface area contributed by atoms with E-state index < -0.39 is 0 Å². The Morgan fingerprint density at radius 1 is 1.42 bits per heavy atom. The third kappa shape index (κ3) is 3.23. The van der Waals surface area contributed by atoms with Crippen LogP contribution >= 0.6 is 0 Å². The van der Waals surface area contributed by atoms with E-state index in [1.807, 2.05) is 6.07 Å². The van der Waals surface area contributed by atoms with Crippen molar-refractivity contribution in [2.24, 2.45) is 5.41 Å². The van der Waals surface area contributed by atoms with Gasteiger partial charge in [0.15, 0.2) is 0 Å². The summed E-state index contributed by atoms with van der Waals surface area (Å²) in [5, 5.41) is 17.7. The Morgan fingerprint density at radius 2 is 2.11 bits per heavy atom. The molecular weight excluding hydrogens is 242 g/mol. The van der Waals surface area contributed by atoms with Crippen LogP contribution in [-0.2, 0) is 0 Å². The monoisotopic (exact) mass is 263 g/mol. The zero-order valence-corrected chi connectivity index (χ0v) is 11.5. The number of hydrogen-bond acceptors (Lipinski definition) is 4. The molecule has 0 spiro atoms. The summed E-state index contributed by atoms with van der Waals surface area (Å²) in [5.74, 6) is 0. The van der Waals surface area contributed by atoms with Crippen molar-refractivity contribution in [3.63, 3.8) is 0 Å². The van der Waals surface area contributed by atoms with E-state index >= 15 is 0 Å². The Bertz CT molecular complexity index is 468. The molecule has 0 saturated carbocycles. The summed E-state index contributed by atoms with van der Waals surface area (Å²) in [5.41, 5.74) is 2.03. The summed E-state index contributed by atoms with van der Waals surface area (Å²) >= 11 is 0. The molecule has 1 saturated heterocycles. The van der Waals surface area contributed by atoms with Crippen LogP contribution < -0.4 is 10.6 Å². The first-order valence-electron chi connectivity index (χ1n) is 6.70. The van der Waals surface area contributed by atoms with Gasteiger partial charge < -0.3 is 10.6 Å². The van der Waals surface area contributed by atoms with E-state index in [0.717, 1.165) is 38.2 Å². The number of nitro benzene ring substituents is 1. The van der Waals surface area contributed by atoms with Crippen LogP contribution in [0.1, 0.15) is 25.3 Å². The normalized spacial score (nSPS) is 18.0. The third-order valence-corrected chi connectivity index (χ3v) is 4.02. The molecule has 2 N–H and O–H groups in total. The maximum atomic E-state index is 10.9. The van der Waals surface area contributed by atoms with Gasteiger partial charge in [-0.25, -0.2) is 0 Å². The molecule has 0 amide bonds. The molecule has 1 heterocycles. The van der Waals surface area contributed by atoms with Crippen molar-refractivity contribution < 1.29 is 4.92 Å². The fourth-order valence-electron chi connectivity index (χ4n) is 2.53. The predicted molar refractivity (Wildman–Crippen MR) is 76.5 cm³/mol. The summed E-state index contributed by atoms with van der Waals surface area (Å²) in [7, 11) is 0. The minimum absolute atomic E-state index is 0.181. The van der Waals surface area contributed by atoms with Gasteiger partial charge in [-0.1, -0.05) is 13.0 Å². The zero-order chi connectivity index (χ0) is 13.9. The first-order chi connectivity index (χ1) is 9.02. The van der Waals surface area contributed by atoms with E-state index in [4.69, 9.17) is 0 Å². The third-order valence-electron chi connectivity index (χ3n) is 4.02. The molecule has 0 unspecified atom stereocenters. The molecule has 1 aliphatic heterocycles. The van der Waals surface area contributed by atoms with Gasteiger partial charge in [0.25, 0.3) is 5.69 Å². The van der Waals surface area contributed by atoms with Crippen LogP contribution in [0.5, 0.6) is 0 Å². The molecule has 1 fully saturated rings. The van der Waals surface area contributed by atoms with Crippen LogP contribution in [0.25, 0.3) is 0 Å². The summed E-state index contributed by atoms with van der Waals surface area (Å²) in [6.07, 6.45) is 2.27. The van der Waals surface area contributed by atoms with Crippen molar-refractivity contribution in [2.45, 2.75) is 26.7 Å². The number of rotatable bonds is 4. The smallest absolute Gasteiger partial charge is 0.274 e. The number of nitrogens with one attached hydrogen (secondary N) is 2. The Kier molecular flexibility index (Phi) is 4.04. The summed E-state index contributed by atoms with van der Waals surface area (Å²) in [6, 6.07) is 5.19. The highest BCUT2D eigenvalue weighted by Crippen LogP contribution is 2.30. The van der Waals surface area contributed by atoms with Crippen molar-refractivity contribution in [3.05, 3.63) is 33.9 Å². The Labute approximate surface area is 113 Å². The van der Waals surface area contributed by atoms with Gasteiger partial charge in [0, 0.05) is 23.9 Å². The van der Waals surface area contributed by atoms with Crippen LogP contribution in [0, 0.1) is 22.5 Å². The SMILES string of the molecule is Cc1c(NCC2(C)CCNCC2)cccc1[N+](=O)[O-]. The van der Waals surface area contributed by atoms with E-state index in [1.54, 1.807) is 19.1 Å². The largest absolute Gasteiger partial charge is 0.384 e. The van der Waals surface area contributed by atoms with E-state index in [-0.39, 0.29) is 16.0 Å². The minimum atomic E-state index is -0.327. The fourth-order valence-corrected chi connectivity index (χ4v) is 2.53. The number of anilines is 1. The van der Waals surface area contributed by atoms with E-state index in [0.29, 0.717) is 5.56 Å². The highest BCUT2D eigenvalue weighted by molar-refractivity contribution is 5.59. The highest BCUT2D eigenvalue weighted by atomic mass is 16.6. The van der Waals surface area contributed by atoms with E-state index in [2.05, 4.69) is 17.6 Å². The van der Waals surface area contributed by atoms with Crippen LogP contribution in [0.2, 0.25) is 0 Å². The average molecular weight is 263 g/mol. The van der Waals surface area contributed by atoms with Gasteiger partial charge >= 0.3 is 0 Å². The van der Waals surface area contributed by atoms with Gasteiger partial charge in [0.2, 0.25) is 0 Å². The molecule has 5 heteroatoms. The molecule has 1 aromatic carbocycles. The molecule has 0 atom stereocenters. The molecule has 104 valence electrons. The lowest BCUT2D eigenvalue weighted by atomic mass is 9.81. The highest BCUT2D eigenvalue weighted by Gasteiger charge is 2.26. The zero-order valence-electron chi connectivity index (χ0n) is 11.5. The Balaban J connectivity index is 2.07. The van der Waals surface area contributed by atoms with Crippen molar-refractivity contribution in [1.82, 2.24) is 5.32 Å². The van der Waals surface area contributed by atoms with Gasteiger partial charge in [-0.15, -0.1) is 0 Å². The second-order valence-corrected chi connectivity index (χ2v) is 5.62. The lowest BCUT2D eigenvalue weighted by Gasteiger charge is -2.34. The average Bonchev–Trinajstić information content (AvgIpc) is 2.38. The minimum Gasteiger partial charge on any atom is -0.384 e. The number of nitro groups is 1. The molecule has 19 heavy (non-hydrogen) atoms. The van der Waals surface area contributed by atoms with Crippen molar-refractivity contribution in [2.75, 3.05) is 25.0 Å². The number of piperidine rings is 1. The summed E-state index contributed by atoms with van der Waals surface area (Å²) in [6.45, 7) is 7.02. The molecule has 1 aliphatic rings. The molecule has 5 nitrogen and oxygen atoms in total. The summed E-state index contributed by atoms with van der Waals surface area (Å²) in [4.78, 5) is 10.6. The quantitative estimate of drug-likeness (QED) is 0.647. The van der Waals surface area contributed by atoms with Crippen molar-refractivity contribution >= 4 is 11.4 Å². The van der Waals surface area contributed by atoms with Gasteiger partial charge in [-0.2, -0.15) is 0 Å². The van der Waals surface area contributed by atoms with Gasteiger partial charge in [0.1, 0.15) is 0 Å². The molecule has 0 aliphatic carbocycles. The lowest BCUT2D eigenvalue weighted by molar-refractivity contribution is -0.385. The molecule has 1 aromatic rings. The topological polar surface area (TPSA) is 67.2 Å². The second kappa shape index (κ2) is 5.57. The molecule has 0 aromatic heterocycles. The Hall–Kier alpha value is -1.62. The first kappa shape index (κ1) is 13.8. The Morgan fingerprint density at radius 3 is 2.74 bits per heavy atom. The van der Waals surface area contributed by atoms with Crippen molar-refractivity contribution in [3.8, 4) is 0 Å².